The highest BCUT2D eigenvalue weighted by Gasteiger charge is 2.19. The number of likely N-dealkylation sites (tertiary alicyclic amines) is 1. The summed E-state index contributed by atoms with van der Waals surface area (Å²) in [4.78, 5) is 14.6. The van der Waals surface area contributed by atoms with Crippen molar-refractivity contribution in [1.29, 1.82) is 0 Å². The summed E-state index contributed by atoms with van der Waals surface area (Å²) in [5.41, 5.74) is 0.437. The van der Waals surface area contributed by atoms with Gasteiger partial charge < -0.3 is 15.5 Å². The van der Waals surface area contributed by atoms with E-state index in [9.17, 15) is 4.79 Å². The van der Waals surface area contributed by atoms with Gasteiger partial charge in [-0.25, -0.2) is 4.68 Å². The SMILES string of the molecule is CN1CCC(CCNC(=O)c2cn(C3CCNCC3)nn2)CC1. The molecule has 0 saturated carbocycles. The minimum atomic E-state index is -0.0990. The Balaban J connectivity index is 1.42. The zero-order valence-corrected chi connectivity index (χ0v) is 14.0. The lowest BCUT2D eigenvalue weighted by atomic mass is 9.94. The van der Waals surface area contributed by atoms with Gasteiger partial charge in [-0.1, -0.05) is 5.21 Å². The first-order valence-electron chi connectivity index (χ1n) is 8.81. The smallest absolute Gasteiger partial charge is 0.273 e. The van der Waals surface area contributed by atoms with Crippen LogP contribution in [0.5, 0.6) is 0 Å². The number of hydrogen-bond donors (Lipinski definition) is 2. The van der Waals surface area contributed by atoms with Crippen LogP contribution in [0.25, 0.3) is 0 Å². The molecule has 0 radical (unpaired) electrons. The molecule has 2 aliphatic rings. The average molecular weight is 320 g/mol. The van der Waals surface area contributed by atoms with E-state index in [1.54, 1.807) is 6.20 Å². The number of amides is 1. The molecular weight excluding hydrogens is 292 g/mol. The van der Waals surface area contributed by atoms with Crippen LogP contribution < -0.4 is 10.6 Å². The second kappa shape index (κ2) is 7.88. The Morgan fingerprint density at radius 1 is 1.30 bits per heavy atom. The number of nitrogens with one attached hydrogen (secondary N) is 2. The van der Waals surface area contributed by atoms with E-state index < -0.39 is 0 Å². The van der Waals surface area contributed by atoms with Gasteiger partial charge in [0.25, 0.3) is 5.91 Å². The van der Waals surface area contributed by atoms with E-state index in [2.05, 4.69) is 32.9 Å². The molecule has 0 bridgehead atoms. The molecule has 2 fully saturated rings. The molecule has 1 amide bonds. The predicted molar refractivity (Wildman–Crippen MR) is 88.3 cm³/mol. The van der Waals surface area contributed by atoms with Crippen LogP contribution in [0, 0.1) is 5.92 Å². The van der Waals surface area contributed by atoms with Crippen LogP contribution in [-0.2, 0) is 0 Å². The van der Waals surface area contributed by atoms with Crippen molar-refractivity contribution in [2.75, 3.05) is 39.8 Å². The highest BCUT2D eigenvalue weighted by molar-refractivity contribution is 5.91. The standard InChI is InChI=1S/C16H28N6O/c1-21-10-5-13(6-11-21)2-9-18-16(23)15-12-22(20-19-15)14-3-7-17-8-4-14/h12-14,17H,2-11H2,1H3,(H,18,23). The van der Waals surface area contributed by atoms with E-state index in [4.69, 9.17) is 0 Å². The maximum atomic E-state index is 12.2. The van der Waals surface area contributed by atoms with Gasteiger partial charge in [0.1, 0.15) is 0 Å². The molecule has 0 unspecified atom stereocenters. The molecule has 7 nitrogen and oxygen atoms in total. The van der Waals surface area contributed by atoms with Crippen molar-refractivity contribution in [3.8, 4) is 0 Å². The molecule has 2 aliphatic heterocycles. The first-order valence-corrected chi connectivity index (χ1v) is 8.81. The van der Waals surface area contributed by atoms with Crippen molar-refractivity contribution in [1.82, 2.24) is 30.5 Å². The normalized spacial score (nSPS) is 21.4. The summed E-state index contributed by atoms with van der Waals surface area (Å²) >= 11 is 0. The van der Waals surface area contributed by atoms with Crippen LogP contribution in [0.3, 0.4) is 0 Å². The number of carbonyl (C=O) groups is 1. The highest BCUT2D eigenvalue weighted by Crippen LogP contribution is 2.19. The molecule has 1 aromatic rings. The van der Waals surface area contributed by atoms with E-state index in [0.29, 0.717) is 11.7 Å². The molecule has 2 N–H and O–H groups in total. The van der Waals surface area contributed by atoms with Crippen molar-refractivity contribution < 1.29 is 4.79 Å². The van der Waals surface area contributed by atoms with Crippen LogP contribution in [0.1, 0.15) is 48.6 Å². The third-order valence-electron chi connectivity index (χ3n) is 5.10. The lowest BCUT2D eigenvalue weighted by molar-refractivity contribution is 0.0944. The fraction of sp³-hybridized carbons (Fsp3) is 0.812. The Labute approximate surface area is 137 Å². The van der Waals surface area contributed by atoms with E-state index in [1.807, 2.05) is 4.68 Å². The van der Waals surface area contributed by atoms with Crippen molar-refractivity contribution in [2.45, 2.75) is 38.1 Å². The molecule has 0 aromatic carbocycles. The largest absolute Gasteiger partial charge is 0.351 e. The minimum Gasteiger partial charge on any atom is -0.351 e. The maximum Gasteiger partial charge on any atom is 0.273 e. The Hall–Kier alpha value is -1.47. The number of piperidine rings is 2. The summed E-state index contributed by atoms with van der Waals surface area (Å²) < 4.78 is 1.85. The fourth-order valence-electron chi connectivity index (χ4n) is 3.46. The molecule has 3 heterocycles. The quantitative estimate of drug-likeness (QED) is 0.834. The van der Waals surface area contributed by atoms with E-state index in [0.717, 1.165) is 44.8 Å². The molecule has 7 heteroatoms. The van der Waals surface area contributed by atoms with Crippen LogP contribution in [0.15, 0.2) is 6.20 Å². The van der Waals surface area contributed by atoms with Gasteiger partial charge in [-0.05, 0) is 71.2 Å². The fourth-order valence-corrected chi connectivity index (χ4v) is 3.46. The van der Waals surface area contributed by atoms with Crippen molar-refractivity contribution >= 4 is 5.91 Å². The number of aromatic nitrogens is 3. The topological polar surface area (TPSA) is 75.1 Å². The zero-order chi connectivity index (χ0) is 16.1. The Kier molecular flexibility index (Phi) is 5.61. The number of carbonyl (C=O) groups excluding carboxylic acids is 1. The third kappa shape index (κ3) is 4.51. The number of rotatable bonds is 5. The van der Waals surface area contributed by atoms with Crippen LogP contribution in [0.2, 0.25) is 0 Å². The number of nitrogens with zero attached hydrogens (tertiary/aromatic N) is 4. The van der Waals surface area contributed by atoms with Gasteiger partial charge in [0.2, 0.25) is 0 Å². The van der Waals surface area contributed by atoms with Gasteiger partial charge in [0.15, 0.2) is 5.69 Å². The zero-order valence-electron chi connectivity index (χ0n) is 14.0. The van der Waals surface area contributed by atoms with Gasteiger partial charge in [-0.15, -0.1) is 5.10 Å². The predicted octanol–water partition coefficient (Wildman–Crippen LogP) is 0.664. The molecule has 128 valence electrons. The van der Waals surface area contributed by atoms with Gasteiger partial charge in [0.05, 0.1) is 12.2 Å². The van der Waals surface area contributed by atoms with Crippen LogP contribution in [-0.4, -0.2) is 65.6 Å². The molecule has 2 saturated heterocycles. The summed E-state index contributed by atoms with van der Waals surface area (Å²) in [6, 6.07) is 0.365. The molecule has 0 spiro atoms. The average Bonchev–Trinajstić information content (AvgIpc) is 3.07. The third-order valence-corrected chi connectivity index (χ3v) is 5.10. The first kappa shape index (κ1) is 16.4. The van der Waals surface area contributed by atoms with Crippen molar-refractivity contribution in [3.63, 3.8) is 0 Å². The molecular formula is C16H28N6O. The van der Waals surface area contributed by atoms with E-state index in [1.165, 1.54) is 25.9 Å². The van der Waals surface area contributed by atoms with E-state index >= 15 is 0 Å². The van der Waals surface area contributed by atoms with Gasteiger partial charge in [-0.3, -0.25) is 4.79 Å². The highest BCUT2D eigenvalue weighted by atomic mass is 16.2. The Morgan fingerprint density at radius 2 is 2.04 bits per heavy atom. The molecule has 3 rings (SSSR count). The Bertz CT molecular complexity index is 502. The maximum absolute atomic E-state index is 12.2. The van der Waals surface area contributed by atoms with Crippen molar-refractivity contribution in [3.05, 3.63) is 11.9 Å². The lowest BCUT2D eigenvalue weighted by Gasteiger charge is -2.28. The van der Waals surface area contributed by atoms with Gasteiger partial charge in [-0.2, -0.15) is 0 Å². The Morgan fingerprint density at radius 3 is 2.78 bits per heavy atom. The van der Waals surface area contributed by atoms with Gasteiger partial charge >= 0.3 is 0 Å². The van der Waals surface area contributed by atoms with Crippen LogP contribution >= 0.6 is 0 Å². The first-order chi connectivity index (χ1) is 11.2. The van der Waals surface area contributed by atoms with E-state index in [-0.39, 0.29) is 5.91 Å². The summed E-state index contributed by atoms with van der Waals surface area (Å²) in [6.07, 6.45) is 7.40. The monoisotopic (exact) mass is 320 g/mol. The second-order valence-electron chi connectivity index (χ2n) is 6.86. The summed E-state index contributed by atoms with van der Waals surface area (Å²) in [7, 11) is 2.17. The lowest BCUT2D eigenvalue weighted by Crippen LogP contribution is -2.32. The van der Waals surface area contributed by atoms with Crippen molar-refractivity contribution in [2.24, 2.45) is 5.92 Å². The summed E-state index contributed by atoms with van der Waals surface area (Å²) in [6.45, 7) is 5.07. The number of hydrogen-bond acceptors (Lipinski definition) is 5. The molecule has 1 aromatic heterocycles. The van der Waals surface area contributed by atoms with Gasteiger partial charge in [0, 0.05) is 6.54 Å². The summed E-state index contributed by atoms with van der Waals surface area (Å²) in [5, 5.41) is 14.5. The van der Waals surface area contributed by atoms with Crippen LogP contribution in [0.4, 0.5) is 0 Å². The molecule has 0 atom stereocenters. The second-order valence-corrected chi connectivity index (χ2v) is 6.86. The molecule has 0 aliphatic carbocycles. The summed E-state index contributed by atoms with van der Waals surface area (Å²) in [5.74, 6) is 0.634. The minimum absolute atomic E-state index is 0.0990. The molecule has 23 heavy (non-hydrogen) atoms.